The molecule has 2 aliphatic heterocycles. The molecule has 126 valence electrons. The summed E-state index contributed by atoms with van der Waals surface area (Å²) in [7, 11) is 0. The van der Waals surface area contributed by atoms with Gasteiger partial charge in [0.15, 0.2) is 5.82 Å². The molecule has 0 bridgehead atoms. The standard InChI is InChI=1S/C15H23N5O3/c1-3-19-9-12(8-14(19)21)15(22)20-6-4-18(5-7-20)10-13-16-11(2)23-17-13/h12H,3-10H2,1-2H3. The average Bonchev–Trinajstić information content (AvgIpc) is 3.13. The molecule has 1 atom stereocenters. The van der Waals surface area contributed by atoms with E-state index in [1.165, 1.54) is 0 Å². The smallest absolute Gasteiger partial charge is 0.228 e. The molecule has 0 saturated carbocycles. The third-order valence-electron chi connectivity index (χ3n) is 4.56. The number of amides is 2. The molecule has 2 fully saturated rings. The molecule has 1 unspecified atom stereocenters. The van der Waals surface area contributed by atoms with E-state index in [0.717, 1.165) is 13.1 Å². The molecule has 1 aromatic heterocycles. The van der Waals surface area contributed by atoms with Gasteiger partial charge in [0.25, 0.3) is 0 Å². The van der Waals surface area contributed by atoms with Crippen LogP contribution in [0.5, 0.6) is 0 Å². The molecule has 8 nitrogen and oxygen atoms in total. The molecule has 23 heavy (non-hydrogen) atoms. The Morgan fingerprint density at radius 3 is 2.61 bits per heavy atom. The van der Waals surface area contributed by atoms with Crippen molar-refractivity contribution < 1.29 is 14.1 Å². The minimum atomic E-state index is -0.172. The average molecular weight is 321 g/mol. The summed E-state index contributed by atoms with van der Waals surface area (Å²) < 4.78 is 4.97. The summed E-state index contributed by atoms with van der Waals surface area (Å²) in [5.41, 5.74) is 0. The Morgan fingerprint density at radius 2 is 2.04 bits per heavy atom. The van der Waals surface area contributed by atoms with Crippen molar-refractivity contribution in [1.29, 1.82) is 0 Å². The third-order valence-corrected chi connectivity index (χ3v) is 4.56. The maximum absolute atomic E-state index is 12.6. The highest BCUT2D eigenvalue weighted by Gasteiger charge is 2.36. The summed E-state index contributed by atoms with van der Waals surface area (Å²) >= 11 is 0. The van der Waals surface area contributed by atoms with Crippen molar-refractivity contribution in [1.82, 2.24) is 24.8 Å². The van der Waals surface area contributed by atoms with Gasteiger partial charge in [-0.25, -0.2) is 0 Å². The largest absolute Gasteiger partial charge is 0.342 e. The van der Waals surface area contributed by atoms with Crippen LogP contribution in [0, 0.1) is 12.8 Å². The van der Waals surface area contributed by atoms with Gasteiger partial charge in [0.2, 0.25) is 17.7 Å². The maximum atomic E-state index is 12.6. The van der Waals surface area contributed by atoms with Crippen molar-refractivity contribution in [3.05, 3.63) is 11.7 Å². The molecule has 2 aliphatic rings. The van der Waals surface area contributed by atoms with E-state index in [1.54, 1.807) is 11.8 Å². The van der Waals surface area contributed by atoms with Crippen LogP contribution < -0.4 is 0 Å². The molecular weight excluding hydrogens is 298 g/mol. The van der Waals surface area contributed by atoms with Gasteiger partial charge in [-0.15, -0.1) is 0 Å². The van der Waals surface area contributed by atoms with E-state index in [1.807, 2.05) is 11.8 Å². The van der Waals surface area contributed by atoms with Crippen molar-refractivity contribution in [2.75, 3.05) is 39.3 Å². The highest BCUT2D eigenvalue weighted by molar-refractivity contribution is 5.89. The lowest BCUT2D eigenvalue weighted by Crippen LogP contribution is -2.50. The normalized spacial score (nSPS) is 22.9. The molecule has 0 aliphatic carbocycles. The third kappa shape index (κ3) is 3.52. The fraction of sp³-hybridized carbons (Fsp3) is 0.733. The van der Waals surface area contributed by atoms with Gasteiger partial charge in [-0.2, -0.15) is 4.98 Å². The molecule has 2 saturated heterocycles. The predicted molar refractivity (Wildman–Crippen MR) is 81.3 cm³/mol. The summed E-state index contributed by atoms with van der Waals surface area (Å²) in [6.45, 7) is 8.56. The second-order valence-corrected chi connectivity index (χ2v) is 6.16. The Hall–Kier alpha value is -1.96. The second-order valence-electron chi connectivity index (χ2n) is 6.16. The van der Waals surface area contributed by atoms with Gasteiger partial charge in [0.05, 0.1) is 12.5 Å². The van der Waals surface area contributed by atoms with Crippen LogP contribution in [0.15, 0.2) is 4.52 Å². The predicted octanol–water partition coefficient (Wildman–Crippen LogP) is -0.109. The number of hydrogen-bond donors (Lipinski definition) is 0. The number of rotatable bonds is 4. The number of likely N-dealkylation sites (tertiary alicyclic amines) is 1. The zero-order valence-corrected chi connectivity index (χ0v) is 13.7. The lowest BCUT2D eigenvalue weighted by Gasteiger charge is -2.35. The monoisotopic (exact) mass is 321 g/mol. The molecule has 3 heterocycles. The summed E-state index contributed by atoms with van der Waals surface area (Å²) in [6.07, 6.45) is 0.356. The first-order valence-corrected chi connectivity index (χ1v) is 8.15. The summed E-state index contributed by atoms with van der Waals surface area (Å²) in [5.74, 6) is 1.29. The number of hydrogen-bond acceptors (Lipinski definition) is 6. The highest BCUT2D eigenvalue weighted by Crippen LogP contribution is 2.20. The molecule has 2 amide bonds. The van der Waals surface area contributed by atoms with Gasteiger partial charge in [0.1, 0.15) is 0 Å². The van der Waals surface area contributed by atoms with Crippen LogP contribution in [0.4, 0.5) is 0 Å². The molecule has 0 spiro atoms. The molecule has 1 aromatic rings. The van der Waals surface area contributed by atoms with Gasteiger partial charge in [-0.05, 0) is 6.92 Å². The number of piperazine rings is 1. The van der Waals surface area contributed by atoms with Crippen molar-refractivity contribution >= 4 is 11.8 Å². The van der Waals surface area contributed by atoms with Crippen molar-refractivity contribution in [3.63, 3.8) is 0 Å². The molecule has 0 radical (unpaired) electrons. The van der Waals surface area contributed by atoms with E-state index >= 15 is 0 Å². The van der Waals surface area contributed by atoms with Crippen LogP contribution in [-0.4, -0.2) is 75.9 Å². The summed E-state index contributed by atoms with van der Waals surface area (Å²) in [6, 6.07) is 0. The summed E-state index contributed by atoms with van der Waals surface area (Å²) in [4.78, 5) is 34.4. The Balaban J connectivity index is 1.49. The number of aromatic nitrogens is 2. The second kappa shape index (κ2) is 6.66. The fourth-order valence-corrected chi connectivity index (χ4v) is 3.23. The molecule has 3 rings (SSSR count). The fourth-order valence-electron chi connectivity index (χ4n) is 3.23. The first-order chi connectivity index (χ1) is 11.1. The lowest BCUT2D eigenvalue weighted by molar-refractivity contribution is -0.137. The van der Waals surface area contributed by atoms with Crippen LogP contribution in [0.1, 0.15) is 25.1 Å². The van der Waals surface area contributed by atoms with E-state index in [9.17, 15) is 9.59 Å². The van der Waals surface area contributed by atoms with E-state index in [0.29, 0.717) is 50.9 Å². The zero-order valence-electron chi connectivity index (χ0n) is 13.7. The topological polar surface area (TPSA) is 82.8 Å². The Bertz CT molecular complexity index is 579. The first kappa shape index (κ1) is 15.9. The minimum Gasteiger partial charge on any atom is -0.342 e. The molecule has 0 N–H and O–H groups in total. The molecule has 8 heteroatoms. The highest BCUT2D eigenvalue weighted by atomic mass is 16.5. The zero-order chi connectivity index (χ0) is 16.4. The minimum absolute atomic E-state index is 0.0944. The number of aryl methyl sites for hydroxylation is 1. The molecular formula is C15H23N5O3. The van der Waals surface area contributed by atoms with E-state index < -0.39 is 0 Å². The summed E-state index contributed by atoms with van der Waals surface area (Å²) in [5, 5.41) is 3.90. The van der Waals surface area contributed by atoms with E-state index in [2.05, 4.69) is 15.0 Å². The van der Waals surface area contributed by atoms with E-state index in [4.69, 9.17) is 4.52 Å². The van der Waals surface area contributed by atoms with Crippen molar-refractivity contribution in [2.24, 2.45) is 5.92 Å². The van der Waals surface area contributed by atoms with Gasteiger partial charge in [-0.3, -0.25) is 14.5 Å². The number of carbonyl (C=O) groups is 2. The van der Waals surface area contributed by atoms with Gasteiger partial charge >= 0.3 is 0 Å². The first-order valence-electron chi connectivity index (χ1n) is 8.15. The Kier molecular flexibility index (Phi) is 4.61. The van der Waals surface area contributed by atoms with Crippen LogP contribution in [-0.2, 0) is 16.1 Å². The van der Waals surface area contributed by atoms with Crippen molar-refractivity contribution in [2.45, 2.75) is 26.8 Å². The van der Waals surface area contributed by atoms with Gasteiger partial charge in [0, 0.05) is 52.6 Å². The van der Waals surface area contributed by atoms with E-state index in [-0.39, 0.29) is 17.7 Å². The SMILES string of the molecule is CCN1CC(C(=O)N2CCN(Cc3noc(C)n3)CC2)CC1=O. The quantitative estimate of drug-likeness (QED) is 0.769. The number of carbonyl (C=O) groups excluding carboxylic acids is 2. The Morgan fingerprint density at radius 1 is 1.30 bits per heavy atom. The van der Waals surface area contributed by atoms with Crippen LogP contribution >= 0.6 is 0 Å². The van der Waals surface area contributed by atoms with Crippen LogP contribution in [0.25, 0.3) is 0 Å². The number of nitrogens with zero attached hydrogens (tertiary/aromatic N) is 5. The van der Waals surface area contributed by atoms with Gasteiger partial charge < -0.3 is 14.3 Å². The van der Waals surface area contributed by atoms with Crippen LogP contribution in [0.2, 0.25) is 0 Å². The van der Waals surface area contributed by atoms with Crippen LogP contribution in [0.3, 0.4) is 0 Å². The maximum Gasteiger partial charge on any atom is 0.228 e. The molecule has 0 aromatic carbocycles. The van der Waals surface area contributed by atoms with Gasteiger partial charge in [-0.1, -0.05) is 5.16 Å². The van der Waals surface area contributed by atoms with Crippen molar-refractivity contribution in [3.8, 4) is 0 Å². The lowest BCUT2D eigenvalue weighted by atomic mass is 10.1. The Labute approximate surface area is 135 Å².